The van der Waals surface area contributed by atoms with E-state index in [4.69, 9.17) is 9.57 Å². The average Bonchev–Trinajstić information content (AvgIpc) is 2.90. The third kappa shape index (κ3) is 8.09. The smallest absolute Gasteiger partial charge is 0.335 e. The number of ether oxygens (including phenoxy) is 1. The van der Waals surface area contributed by atoms with Crippen LogP contribution in [0.1, 0.15) is 138 Å². The fraction of sp³-hybridized carbons (Fsp3) is 0.588. The van der Waals surface area contributed by atoms with E-state index >= 15 is 0 Å². The van der Waals surface area contributed by atoms with E-state index in [1.54, 1.807) is 12.1 Å². The van der Waals surface area contributed by atoms with Crippen molar-refractivity contribution in [2.75, 3.05) is 13.2 Å². The first-order valence-electron chi connectivity index (χ1n) is 15.0. The summed E-state index contributed by atoms with van der Waals surface area (Å²) in [5.41, 5.74) is 5.35. The van der Waals surface area contributed by atoms with Gasteiger partial charge in [-0.25, -0.2) is 4.79 Å². The summed E-state index contributed by atoms with van der Waals surface area (Å²) in [6.07, 6.45) is 12.1. The van der Waals surface area contributed by atoms with Crippen LogP contribution in [-0.4, -0.2) is 30.0 Å². The van der Waals surface area contributed by atoms with E-state index in [0.29, 0.717) is 18.9 Å². The lowest BCUT2D eigenvalue weighted by molar-refractivity contribution is 0.0697. The molecule has 0 bridgehead atoms. The number of fused-ring (bicyclic) bond motifs is 1. The molecule has 2 aromatic carbocycles. The Kier molecular flexibility index (Phi) is 11.0. The Morgan fingerprint density at radius 3 is 1.92 bits per heavy atom. The number of carboxylic acids is 1. The minimum absolute atomic E-state index is 0.0284. The van der Waals surface area contributed by atoms with E-state index in [1.165, 1.54) is 49.7 Å². The van der Waals surface area contributed by atoms with Gasteiger partial charge in [0.25, 0.3) is 0 Å². The second-order valence-corrected chi connectivity index (χ2v) is 12.2. The zero-order valence-corrected chi connectivity index (χ0v) is 25.1. The summed E-state index contributed by atoms with van der Waals surface area (Å²) in [5, 5.41) is 14.1. The highest BCUT2D eigenvalue weighted by atomic mass is 16.6. The summed E-state index contributed by atoms with van der Waals surface area (Å²) in [6.45, 7) is 14.6. The van der Waals surface area contributed by atoms with E-state index in [-0.39, 0.29) is 16.4 Å². The van der Waals surface area contributed by atoms with Crippen LogP contribution in [0.15, 0.2) is 41.6 Å². The maximum absolute atomic E-state index is 11.5. The lowest BCUT2D eigenvalue weighted by Crippen LogP contribution is -2.34. The Labute approximate surface area is 236 Å². The monoisotopic (exact) mass is 535 g/mol. The SMILES string of the molecule is CCCCCCCCCCO/N=C(\c1ccc(C(=O)O)cc1)c1cc2c(cc1OCC)C(C)(C)CCC2(C)C. The second-order valence-electron chi connectivity index (χ2n) is 12.2. The standard InChI is InChI=1S/C34H49NO4/c1-7-9-10-11-12-13-14-15-22-39-35-31(25-16-18-26(19-17-25)32(36)37)27-23-28-29(24-30(27)38-8-2)34(5,6)21-20-33(28,3)4/h16-19,23-24H,7-15,20-22H2,1-6H3,(H,36,37)/b35-31+. The molecule has 0 saturated heterocycles. The van der Waals surface area contributed by atoms with Gasteiger partial charge < -0.3 is 14.7 Å². The number of carbonyl (C=O) groups is 1. The van der Waals surface area contributed by atoms with Gasteiger partial charge in [0, 0.05) is 11.1 Å². The van der Waals surface area contributed by atoms with Crippen molar-refractivity contribution < 1.29 is 19.5 Å². The van der Waals surface area contributed by atoms with Gasteiger partial charge >= 0.3 is 5.97 Å². The Bertz CT molecular complexity index is 1110. The molecule has 3 rings (SSSR count). The zero-order chi connectivity index (χ0) is 28.5. The zero-order valence-electron chi connectivity index (χ0n) is 25.1. The van der Waals surface area contributed by atoms with Gasteiger partial charge in [0.05, 0.1) is 12.2 Å². The van der Waals surface area contributed by atoms with Crippen LogP contribution in [0.25, 0.3) is 0 Å². The number of rotatable bonds is 15. The van der Waals surface area contributed by atoms with Crippen LogP contribution in [0.5, 0.6) is 5.75 Å². The lowest BCUT2D eigenvalue weighted by atomic mass is 9.62. The molecule has 0 atom stereocenters. The molecule has 0 aromatic heterocycles. The van der Waals surface area contributed by atoms with E-state index in [1.807, 2.05) is 19.1 Å². The van der Waals surface area contributed by atoms with Gasteiger partial charge in [-0.15, -0.1) is 0 Å². The Morgan fingerprint density at radius 2 is 1.36 bits per heavy atom. The molecule has 1 aliphatic rings. The van der Waals surface area contributed by atoms with Crippen molar-refractivity contribution >= 4 is 11.7 Å². The third-order valence-electron chi connectivity index (χ3n) is 8.16. The highest BCUT2D eigenvalue weighted by Crippen LogP contribution is 2.48. The van der Waals surface area contributed by atoms with Crippen molar-refractivity contribution in [3.8, 4) is 5.75 Å². The van der Waals surface area contributed by atoms with E-state index in [9.17, 15) is 9.90 Å². The number of unbranched alkanes of at least 4 members (excludes halogenated alkanes) is 7. The minimum Gasteiger partial charge on any atom is -0.493 e. The summed E-state index contributed by atoms with van der Waals surface area (Å²) < 4.78 is 6.20. The Hall–Kier alpha value is -2.82. The van der Waals surface area contributed by atoms with Crippen molar-refractivity contribution in [2.24, 2.45) is 5.16 Å². The van der Waals surface area contributed by atoms with Gasteiger partial charge in [0.1, 0.15) is 18.1 Å². The van der Waals surface area contributed by atoms with Crippen LogP contribution >= 0.6 is 0 Å². The lowest BCUT2D eigenvalue weighted by Gasteiger charge is -2.42. The first kappa shape index (κ1) is 30.7. The van der Waals surface area contributed by atoms with Crippen LogP contribution in [0.2, 0.25) is 0 Å². The Balaban J connectivity index is 1.92. The molecular weight excluding hydrogens is 486 g/mol. The van der Waals surface area contributed by atoms with Crippen molar-refractivity contribution in [1.82, 2.24) is 0 Å². The maximum Gasteiger partial charge on any atom is 0.335 e. The molecule has 39 heavy (non-hydrogen) atoms. The predicted molar refractivity (Wildman–Crippen MR) is 160 cm³/mol. The fourth-order valence-corrected chi connectivity index (χ4v) is 5.49. The molecule has 0 fully saturated rings. The number of oxime groups is 1. The summed E-state index contributed by atoms with van der Waals surface area (Å²) in [4.78, 5) is 17.4. The highest BCUT2D eigenvalue weighted by molar-refractivity contribution is 6.14. The molecule has 0 saturated carbocycles. The number of hydrogen-bond donors (Lipinski definition) is 1. The Morgan fingerprint density at radius 1 is 0.821 bits per heavy atom. The summed E-state index contributed by atoms with van der Waals surface area (Å²) in [7, 11) is 0. The molecule has 0 aliphatic heterocycles. The van der Waals surface area contributed by atoms with E-state index in [2.05, 4.69) is 51.9 Å². The van der Waals surface area contributed by atoms with Crippen LogP contribution in [0.4, 0.5) is 0 Å². The normalized spacial score (nSPS) is 16.0. The first-order chi connectivity index (χ1) is 18.6. The number of hydrogen-bond acceptors (Lipinski definition) is 4. The van der Waals surface area contributed by atoms with E-state index in [0.717, 1.165) is 42.6 Å². The molecule has 5 heteroatoms. The van der Waals surface area contributed by atoms with Crippen molar-refractivity contribution in [1.29, 1.82) is 0 Å². The minimum atomic E-state index is -0.946. The van der Waals surface area contributed by atoms with Crippen LogP contribution in [0, 0.1) is 0 Å². The molecule has 0 unspecified atom stereocenters. The molecule has 2 aromatic rings. The van der Waals surface area contributed by atoms with Gasteiger partial charge in [-0.05, 0) is 78.8 Å². The van der Waals surface area contributed by atoms with Crippen LogP contribution in [-0.2, 0) is 15.7 Å². The summed E-state index contributed by atoms with van der Waals surface area (Å²) in [5.74, 6) is -0.155. The number of carboxylic acid groups (broad SMARTS) is 1. The van der Waals surface area contributed by atoms with Crippen LogP contribution < -0.4 is 4.74 Å². The summed E-state index contributed by atoms with van der Waals surface area (Å²) in [6, 6.07) is 11.3. The molecule has 0 spiro atoms. The van der Waals surface area contributed by atoms with Gasteiger partial charge in [-0.2, -0.15) is 0 Å². The maximum atomic E-state index is 11.5. The second kappa shape index (κ2) is 14.0. The quantitative estimate of drug-likeness (QED) is 0.140. The van der Waals surface area contributed by atoms with Gasteiger partial charge in [0.15, 0.2) is 0 Å². The molecule has 0 heterocycles. The van der Waals surface area contributed by atoms with Crippen molar-refractivity contribution in [3.63, 3.8) is 0 Å². The molecule has 5 nitrogen and oxygen atoms in total. The van der Waals surface area contributed by atoms with Gasteiger partial charge in [-0.3, -0.25) is 0 Å². The largest absolute Gasteiger partial charge is 0.493 e. The first-order valence-corrected chi connectivity index (χ1v) is 15.0. The number of benzene rings is 2. The number of nitrogens with zero attached hydrogens (tertiary/aromatic N) is 1. The number of aromatic carboxylic acids is 1. The van der Waals surface area contributed by atoms with Crippen molar-refractivity contribution in [3.05, 3.63) is 64.2 Å². The molecule has 1 N–H and O–H groups in total. The fourth-order valence-electron chi connectivity index (χ4n) is 5.49. The molecule has 214 valence electrons. The third-order valence-corrected chi connectivity index (χ3v) is 8.16. The highest BCUT2D eigenvalue weighted by Gasteiger charge is 2.38. The molecule has 0 amide bonds. The van der Waals surface area contributed by atoms with Gasteiger partial charge in [0.2, 0.25) is 0 Å². The topological polar surface area (TPSA) is 68.1 Å². The van der Waals surface area contributed by atoms with E-state index < -0.39 is 5.97 Å². The summed E-state index contributed by atoms with van der Waals surface area (Å²) >= 11 is 0. The van der Waals surface area contributed by atoms with Crippen molar-refractivity contribution in [2.45, 2.75) is 117 Å². The van der Waals surface area contributed by atoms with Gasteiger partial charge in [-0.1, -0.05) is 90.4 Å². The average molecular weight is 536 g/mol. The van der Waals surface area contributed by atoms with Crippen LogP contribution in [0.3, 0.4) is 0 Å². The predicted octanol–water partition coefficient (Wildman–Crippen LogP) is 9.04. The molecular formula is C34H49NO4. The molecule has 1 aliphatic carbocycles. The molecule has 0 radical (unpaired) electrons.